The van der Waals surface area contributed by atoms with E-state index in [1.807, 2.05) is 0 Å². The maximum absolute atomic E-state index is 11.9. The van der Waals surface area contributed by atoms with Crippen LogP contribution < -0.4 is 16.6 Å². The maximum Gasteiger partial charge on any atom is 0.326 e. The Bertz CT molecular complexity index is 753. The van der Waals surface area contributed by atoms with Gasteiger partial charge < -0.3 is 21.1 Å². The van der Waals surface area contributed by atoms with Crippen molar-refractivity contribution in [3.8, 4) is 0 Å². The van der Waals surface area contributed by atoms with Crippen molar-refractivity contribution >= 4 is 23.4 Å². The Hall–Kier alpha value is -3.24. The Balaban J connectivity index is 2.33. The molecule has 11 heteroatoms. The number of nitrogen functional groups attached to an aromatic ring is 1. The molecule has 0 radical (unpaired) electrons. The van der Waals surface area contributed by atoms with Crippen molar-refractivity contribution in [2.45, 2.75) is 12.5 Å². The van der Waals surface area contributed by atoms with Gasteiger partial charge in [-0.3, -0.25) is 9.36 Å². The number of hydrogen-bond acceptors (Lipinski definition) is 8. The molecule has 0 amide bonds. The number of hydrogen-bond donors (Lipinski definition) is 4. The molecule has 116 valence electrons. The number of nitrogens with one attached hydrogen (secondary N) is 2. The molecule has 0 saturated heterocycles. The number of anilines is 2. The second kappa shape index (κ2) is 6.03. The summed E-state index contributed by atoms with van der Waals surface area (Å²) in [5.74, 6) is -1.60. The Morgan fingerprint density at radius 3 is 2.91 bits per heavy atom. The molecule has 5 N–H and O–H groups in total. The molecule has 2 aromatic heterocycles. The van der Waals surface area contributed by atoms with Crippen LogP contribution in [0.3, 0.4) is 0 Å². The van der Waals surface area contributed by atoms with Gasteiger partial charge in [0.25, 0.3) is 5.56 Å². The van der Waals surface area contributed by atoms with Crippen LogP contribution in [0.15, 0.2) is 22.5 Å². The van der Waals surface area contributed by atoms with Gasteiger partial charge in [0, 0.05) is 25.4 Å². The molecule has 0 aliphatic carbocycles. The number of nitrogens with two attached hydrogens (primary N) is 1. The fourth-order valence-electron chi connectivity index (χ4n) is 1.79. The average molecular weight is 307 g/mol. The lowest BCUT2D eigenvalue weighted by Crippen LogP contribution is -2.35. The number of nitroso groups, excluding NO2 is 1. The number of carboxylic acid groups (broad SMARTS) is 1. The number of rotatable bonds is 6. The number of nitrogens with zero attached hydrogens (tertiary/aromatic N) is 4. The molecule has 0 saturated carbocycles. The molecule has 0 aliphatic heterocycles. The van der Waals surface area contributed by atoms with Gasteiger partial charge in [-0.2, -0.15) is 4.98 Å². The van der Waals surface area contributed by atoms with Crippen molar-refractivity contribution in [2.75, 3.05) is 11.1 Å². The zero-order valence-corrected chi connectivity index (χ0v) is 11.5. The summed E-state index contributed by atoms with van der Waals surface area (Å²) in [5.41, 5.74) is 4.77. The van der Waals surface area contributed by atoms with E-state index in [4.69, 9.17) is 5.73 Å². The molecule has 11 nitrogen and oxygen atoms in total. The number of carbonyl (C=O) groups is 1. The van der Waals surface area contributed by atoms with Crippen molar-refractivity contribution < 1.29 is 9.90 Å². The number of imidazole rings is 1. The highest BCUT2D eigenvalue weighted by molar-refractivity contribution is 5.77. The minimum absolute atomic E-state index is 0.0817. The van der Waals surface area contributed by atoms with Crippen LogP contribution in [0, 0.1) is 4.91 Å². The minimum atomic E-state index is -1.15. The lowest BCUT2D eigenvalue weighted by molar-refractivity contribution is -0.137. The summed E-state index contributed by atoms with van der Waals surface area (Å²) >= 11 is 0. The summed E-state index contributed by atoms with van der Waals surface area (Å²) in [4.78, 5) is 44.1. The van der Waals surface area contributed by atoms with E-state index in [2.05, 4.69) is 25.4 Å². The van der Waals surface area contributed by atoms with Crippen molar-refractivity contribution in [3.05, 3.63) is 33.5 Å². The molecule has 1 atom stereocenters. The zero-order valence-electron chi connectivity index (χ0n) is 11.5. The molecule has 0 fully saturated rings. The summed E-state index contributed by atoms with van der Waals surface area (Å²) in [6, 6.07) is -1.08. The van der Waals surface area contributed by atoms with Crippen LogP contribution in [0.4, 0.5) is 17.5 Å². The smallest absolute Gasteiger partial charge is 0.326 e. The summed E-state index contributed by atoms with van der Waals surface area (Å²) in [7, 11) is 1.32. The standard InChI is InChI=1S/C11H13N7O4/c1-18-9(19)7(17-22)8(12)16-11(18)15-6(10(20)21)2-5-3-13-4-14-5/h3-4,6H,2,12H2,1H3,(H,13,14)(H,15,16)(H,20,21)/t6-/m0/s1. The molecule has 2 rings (SSSR count). The first-order chi connectivity index (χ1) is 10.4. The number of aliphatic carboxylic acids is 1. The van der Waals surface area contributed by atoms with Gasteiger partial charge >= 0.3 is 5.97 Å². The van der Waals surface area contributed by atoms with Crippen molar-refractivity contribution in [1.82, 2.24) is 19.5 Å². The first-order valence-electron chi connectivity index (χ1n) is 6.10. The highest BCUT2D eigenvalue weighted by Crippen LogP contribution is 2.16. The monoisotopic (exact) mass is 307 g/mol. The normalized spacial score (nSPS) is 11.9. The molecule has 2 heterocycles. The Morgan fingerprint density at radius 2 is 2.36 bits per heavy atom. The van der Waals surface area contributed by atoms with Gasteiger partial charge in [0.15, 0.2) is 5.82 Å². The first kappa shape index (κ1) is 15.2. The fourth-order valence-corrected chi connectivity index (χ4v) is 1.79. The molecule has 2 aromatic rings. The van der Waals surface area contributed by atoms with Crippen LogP contribution in [0.1, 0.15) is 5.69 Å². The third-order valence-electron chi connectivity index (χ3n) is 2.97. The largest absolute Gasteiger partial charge is 0.480 e. The zero-order chi connectivity index (χ0) is 16.3. The number of carboxylic acids is 1. The van der Waals surface area contributed by atoms with Crippen LogP contribution in [0.2, 0.25) is 0 Å². The van der Waals surface area contributed by atoms with E-state index in [-0.39, 0.29) is 18.2 Å². The molecular formula is C11H13N7O4. The van der Waals surface area contributed by atoms with Crippen LogP contribution in [0.25, 0.3) is 0 Å². The summed E-state index contributed by atoms with van der Waals surface area (Å²) in [5, 5.41) is 14.4. The predicted octanol–water partition coefficient (Wildman–Crippen LogP) is -0.409. The van der Waals surface area contributed by atoms with Gasteiger partial charge in [0.05, 0.1) is 6.33 Å². The third kappa shape index (κ3) is 2.92. The highest BCUT2D eigenvalue weighted by atomic mass is 16.4. The van der Waals surface area contributed by atoms with E-state index in [0.29, 0.717) is 5.69 Å². The Labute approximate surface area is 123 Å². The topological polar surface area (TPSA) is 168 Å². The fraction of sp³-hybridized carbons (Fsp3) is 0.273. The van der Waals surface area contributed by atoms with Crippen molar-refractivity contribution in [1.29, 1.82) is 0 Å². The first-order valence-corrected chi connectivity index (χ1v) is 6.10. The van der Waals surface area contributed by atoms with Crippen LogP contribution in [-0.2, 0) is 18.3 Å². The molecule has 0 aliphatic rings. The molecular weight excluding hydrogens is 294 g/mol. The van der Waals surface area contributed by atoms with Gasteiger partial charge in [0.2, 0.25) is 11.6 Å². The number of aromatic amines is 1. The van der Waals surface area contributed by atoms with E-state index >= 15 is 0 Å². The van der Waals surface area contributed by atoms with E-state index in [9.17, 15) is 19.6 Å². The van der Waals surface area contributed by atoms with E-state index in [1.165, 1.54) is 19.6 Å². The Morgan fingerprint density at radius 1 is 1.64 bits per heavy atom. The van der Waals surface area contributed by atoms with E-state index in [0.717, 1.165) is 4.57 Å². The van der Waals surface area contributed by atoms with Crippen LogP contribution in [0.5, 0.6) is 0 Å². The van der Waals surface area contributed by atoms with Gasteiger partial charge in [-0.1, -0.05) is 0 Å². The molecule has 0 spiro atoms. The lowest BCUT2D eigenvalue weighted by Gasteiger charge is -2.16. The van der Waals surface area contributed by atoms with Gasteiger partial charge in [-0.25, -0.2) is 9.78 Å². The molecule has 22 heavy (non-hydrogen) atoms. The second-order valence-corrected chi connectivity index (χ2v) is 4.44. The number of H-pyrrole nitrogens is 1. The lowest BCUT2D eigenvalue weighted by atomic mass is 10.1. The minimum Gasteiger partial charge on any atom is -0.480 e. The average Bonchev–Trinajstić information content (AvgIpc) is 2.97. The Kier molecular flexibility index (Phi) is 4.15. The predicted molar refractivity (Wildman–Crippen MR) is 76.7 cm³/mol. The van der Waals surface area contributed by atoms with Crippen LogP contribution >= 0.6 is 0 Å². The quantitative estimate of drug-likeness (QED) is 0.522. The van der Waals surface area contributed by atoms with E-state index in [1.54, 1.807) is 0 Å². The SMILES string of the molecule is Cn1c(N[C@@H](Cc2cnc[nH]2)C(=O)O)nc(N)c(N=O)c1=O. The van der Waals surface area contributed by atoms with Crippen molar-refractivity contribution in [2.24, 2.45) is 12.2 Å². The van der Waals surface area contributed by atoms with Crippen molar-refractivity contribution in [3.63, 3.8) is 0 Å². The number of aromatic nitrogens is 4. The summed E-state index contributed by atoms with van der Waals surface area (Å²) in [6.07, 6.45) is 2.99. The summed E-state index contributed by atoms with van der Waals surface area (Å²) in [6.45, 7) is 0. The van der Waals surface area contributed by atoms with Crippen LogP contribution in [-0.4, -0.2) is 36.6 Å². The molecule has 0 unspecified atom stereocenters. The van der Waals surface area contributed by atoms with Gasteiger partial charge in [-0.15, -0.1) is 4.91 Å². The van der Waals surface area contributed by atoms with Gasteiger partial charge in [0.1, 0.15) is 6.04 Å². The molecule has 0 bridgehead atoms. The highest BCUT2D eigenvalue weighted by Gasteiger charge is 2.22. The van der Waals surface area contributed by atoms with Gasteiger partial charge in [-0.05, 0) is 5.18 Å². The third-order valence-corrected chi connectivity index (χ3v) is 2.97. The molecule has 0 aromatic carbocycles. The maximum atomic E-state index is 11.9. The second-order valence-electron chi connectivity index (χ2n) is 4.44. The van der Waals surface area contributed by atoms with E-state index < -0.39 is 23.3 Å². The summed E-state index contributed by atoms with van der Waals surface area (Å²) < 4.78 is 0.968.